The van der Waals surface area contributed by atoms with E-state index in [1.54, 1.807) is 12.4 Å². The second-order valence-electron chi connectivity index (χ2n) is 15.9. The second kappa shape index (κ2) is 20.3. The molecule has 2 saturated heterocycles. The van der Waals surface area contributed by atoms with Crippen LogP contribution in [-0.2, 0) is 77.0 Å². The minimum absolute atomic E-state index is 0. The number of likely N-dealkylation sites (tertiary alicyclic amines) is 2. The molecule has 8 rings (SSSR count). The molecule has 2 aliphatic rings. The van der Waals surface area contributed by atoms with E-state index in [-0.39, 0.29) is 73.4 Å². The molecule has 16 heteroatoms. The first-order valence-electron chi connectivity index (χ1n) is 20.5. The standard InChI is InChI=1S/C48H46N6O8.2H2O/c49-41(21-35-25-51-39-13-11-31(19-37(35)39)17-33-23-43(55)53(47(33)59)27-29-7-3-1-4-8-29)61-45(57)15-16-46(58)62-42(50)22-36-26-52-40-14-12-32(20-38(36)40)18-34-24-44(56)54(48(34)60)28-30-9-5-2-6-10-30;;/h1-16,19-20,25-26,33-34,41-42,51-52H,17-18,21-24,27-28,49-50H2;2*1H2/b16-15-;;. The van der Waals surface area contributed by atoms with Crippen molar-refractivity contribution in [2.75, 3.05) is 0 Å². The van der Waals surface area contributed by atoms with Gasteiger partial charge in [0.25, 0.3) is 0 Å². The second-order valence-corrected chi connectivity index (χ2v) is 15.9. The molecule has 332 valence electrons. The molecule has 2 fully saturated rings. The Labute approximate surface area is 367 Å². The number of aromatic nitrogens is 2. The van der Waals surface area contributed by atoms with Crippen molar-refractivity contribution in [2.24, 2.45) is 23.3 Å². The van der Waals surface area contributed by atoms with Gasteiger partial charge in [-0.15, -0.1) is 0 Å². The van der Waals surface area contributed by atoms with Crippen LogP contribution in [-0.4, -0.2) is 78.7 Å². The largest absolute Gasteiger partial charge is 0.443 e. The Kier molecular flexibility index (Phi) is 14.7. The van der Waals surface area contributed by atoms with Crippen molar-refractivity contribution in [1.82, 2.24) is 19.8 Å². The first kappa shape index (κ1) is 46.3. The van der Waals surface area contributed by atoms with E-state index < -0.39 is 36.2 Å². The molecule has 0 spiro atoms. The van der Waals surface area contributed by atoms with Gasteiger partial charge in [-0.3, -0.25) is 40.4 Å². The molecule has 0 aliphatic carbocycles. The third kappa shape index (κ3) is 10.7. The van der Waals surface area contributed by atoms with Crippen LogP contribution in [0.2, 0.25) is 0 Å². The van der Waals surface area contributed by atoms with Crippen molar-refractivity contribution in [3.05, 3.63) is 155 Å². The summed E-state index contributed by atoms with van der Waals surface area (Å²) in [4.78, 5) is 86.2. The number of carbonyl (C=O) groups excluding carboxylic acids is 6. The number of rotatable bonds is 16. The van der Waals surface area contributed by atoms with Gasteiger partial charge in [0.05, 0.1) is 24.9 Å². The molecule has 0 bridgehead atoms. The zero-order valence-corrected chi connectivity index (χ0v) is 34.8. The van der Waals surface area contributed by atoms with Crippen molar-refractivity contribution in [2.45, 2.75) is 64.1 Å². The van der Waals surface area contributed by atoms with Gasteiger partial charge in [-0.1, -0.05) is 72.8 Å². The Morgan fingerprint density at radius 3 is 1.38 bits per heavy atom. The number of imide groups is 2. The Hall–Kier alpha value is -7.24. The van der Waals surface area contributed by atoms with E-state index in [9.17, 15) is 28.8 Å². The zero-order chi connectivity index (χ0) is 43.3. The summed E-state index contributed by atoms with van der Waals surface area (Å²) < 4.78 is 10.7. The Balaban J connectivity index is 0.00000340. The van der Waals surface area contributed by atoms with E-state index in [4.69, 9.17) is 20.9 Å². The summed E-state index contributed by atoms with van der Waals surface area (Å²) in [6.45, 7) is 0.497. The third-order valence-corrected chi connectivity index (χ3v) is 11.4. The summed E-state index contributed by atoms with van der Waals surface area (Å²) in [5.41, 5.74) is 19.2. The molecule has 6 aromatic rings. The molecule has 4 amide bonds. The van der Waals surface area contributed by atoms with E-state index in [1.807, 2.05) is 97.1 Å². The fraction of sp³-hybridized carbons (Fsp3) is 0.250. The van der Waals surface area contributed by atoms with Crippen LogP contribution >= 0.6 is 0 Å². The van der Waals surface area contributed by atoms with Crippen molar-refractivity contribution in [1.29, 1.82) is 0 Å². The predicted octanol–water partition coefficient (Wildman–Crippen LogP) is 3.23. The van der Waals surface area contributed by atoms with Gasteiger partial charge in [0, 0.05) is 72.0 Å². The van der Waals surface area contributed by atoms with Gasteiger partial charge in [0.15, 0.2) is 12.5 Å². The number of nitrogens with two attached hydrogens (primary N) is 2. The van der Waals surface area contributed by atoms with Gasteiger partial charge in [-0.25, -0.2) is 9.59 Å². The maximum atomic E-state index is 13.2. The predicted molar refractivity (Wildman–Crippen MR) is 236 cm³/mol. The molecular weight excluding hydrogens is 821 g/mol. The average Bonchev–Trinajstić information content (AvgIpc) is 3.99. The highest BCUT2D eigenvalue weighted by molar-refractivity contribution is 6.04. The van der Waals surface area contributed by atoms with Crippen LogP contribution in [0.3, 0.4) is 0 Å². The lowest BCUT2D eigenvalue weighted by atomic mass is 9.96. The molecule has 0 saturated carbocycles. The molecule has 4 heterocycles. The smallest absolute Gasteiger partial charge is 0.332 e. The van der Waals surface area contributed by atoms with E-state index >= 15 is 0 Å². The Morgan fingerprint density at radius 2 is 0.984 bits per heavy atom. The number of hydrogen-bond donors (Lipinski definition) is 4. The van der Waals surface area contributed by atoms with Crippen molar-refractivity contribution in [3.63, 3.8) is 0 Å². The summed E-state index contributed by atoms with van der Waals surface area (Å²) in [6, 6.07) is 30.3. The summed E-state index contributed by atoms with van der Waals surface area (Å²) in [7, 11) is 0. The fourth-order valence-corrected chi connectivity index (χ4v) is 8.33. The number of nitrogens with one attached hydrogen (secondary N) is 2. The topological polar surface area (TPSA) is 274 Å². The molecular formula is C48H50N6O10. The lowest BCUT2D eigenvalue weighted by Crippen LogP contribution is -2.30. The highest BCUT2D eigenvalue weighted by atomic mass is 16.6. The molecule has 16 nitrogen and oxygen atoms in total. The number of carbonyl (C=O) groups is 6. The number of hydrogen-bond acceptors (Lipinski definition) is 10. The highest BCUT2D eigenvalue weighted by Gasteiger charge is 2.39. The summed E-state index contributed by atoms with van der Waals surface area (Å²) in [5.74, 6) is -3.36. The van der Waals surface area contributed by atoms with Crippen molar-refractivity contribution in [3.8, 4) is 0 Å². The first-order chi connectivity index (χ1) is 30.0. The van der Waals surface area contributed by atoms with Crippen LogP contribution in [0, 0.1) is 11.8 Å². The highest BCUT2D eigenvalue weighted by Crippen LogP contribution is 2.30. The third-order valence-electron chi connectivity index (χ3n) is 11.4. The number of aromatic amines is 2. The van der Waals surface area contributed by atoms with E-state index in [2.05, 4.69) is 9.97 Å². The summed E-state index contributed by atoms with van der Waals surface area (Å²) in [6.07, 6.45) is 4.74. The SMILES string of the molecule is NC(Cc1c[nH]c2ccc(CC3CC(=O)N(Cc4ccccc4)C3=O)cc12)OC(=O)/C=C\C(=O)OC(N)Cc1c[nH]c2ccc(CC3CC(=O)N(Cc4ccccc4)C3=O)cc12.O.O. The molecule has 4 atom stereocenters. The van der Waals surface area contributed by atoms with E-state index in [0.717, 1.165) is 67.3 Å². The zero-order valence-electron chi connectivity index (χ0n) is 34.8. The molecule has 2 aromatic heterocycles. The minimum Gasteiger partial charge on any atom is -0.443 e. The van der Waals surface area contributed by atoms with Gasteiger partial charge in [-0.2, -0.15) is 0 Å². The van der Waals surface area contributed by atoms with Gasteiger partial charge in [0.2, 0.25) is 23.6 Å². The van der Waals surface area contributed by atoms with Gasteiger partial charge in [0.1, 0.15) is 0 Å². The molecule has 4 unspecified atom stereocenters. The van der Waals surface area contributed by atoms with Crippen LogP contribution < -0.4 is 11.5 Å². The van der Waals surface area contributed by atoms with Crippen LogP contribution in [0.4, 0.5) is 0 Å². The number of esters is 2. The lowest BCUT2D eigenvalue weighted by molar-refractivity contribution is -0.145. The molecule has 0 radical (unpaired) electrons. The van der Waals surface area contributed by atoms with Crippen molar-refractivity contribution < 1.29 is 49.2 Å². The summed E-state index contributed by atoms with van der Waals surface area (Å²) in [5, 5.41) is 1.69. The summed E-state index contributed by atoms with van der Waals surface area (Å²) >= 11 is 0. The maximum absolute atomic E-state index is 13.2. The fourth-order valence-electron chi connectivity index (χ4n) is 8.33. The Morgan fingerprint density at radius 1 is 0.594 bits per heavy atom. The molecule has 64 heavy (non-hydrogen) atoms. The molecule has 2 aliphatic heterocycles. The van der Waals surface area contributed by atoms with E-state index in [0.29, 0.717) is 12.8 Å². The first-order valence-corrected chi connectivity index (χ1v) is 20.5. The van der Waals surface area contributed by atoms with Crippen LogP contribution in [0.5, 0.6) is 0 Å². The number of benzene rings is 4. The van der Waals surface area contributed by atoms with Crippen molar-refractivity contribution >= 4 is 57.4 Å². The van der Waals surface area contributed by atoms with Gasteiger partial charge >= 0.3 is 11.9 Å². The van der Waals surface area contributed by atoms with Crippen LogP contribution in [0.25, 0.3) is 21.8 Å². The minimum atomic E-state index is -1.04. The normalized spacial score (nSPS) is 17.2. The monoisotopic (exact) mass is 870 g/mol. The van der Waals surface area contributed by atoms with Crippen LogP contribution in [0.15, 0.2) is 122 Å². The number of H-pyrrole nitrogens is 2. The van der Waals surface area contributed by atoms with Crippen LogP contribution in [0.1, 0.15) is 46.2 Å². The average molecular weight is 871 g/mol. The number of fused-ring (bicyclic) bond motifs is 2. The quantitative estimate of drug-likeness (QED) is 0.0477. The van der Waals surface area contributed by atoms with E-state index in [1.165, 1.54) is 9.80 Å². The number of ether oxygens (including phenoxy) is 2. The number of amides is 4. The molecule has 4 aromatic carbocycles. The van der Waals surface area contributed by atoms with Gasteiger partial charge < -0.3 is 30.4 Å². The van der Waals surface area contributed by atoms with Gasteiger partial charge in [-0.05, 0) is 70.5 Å². The Bertz CT molecular complexity index is 2510. The maximum Gasteiger partial charge on any atom is 0.332 e. The number of nitrogens with zero attached hydrogens (tertiary/aromatic N) is 2. The lowest BCUT2D eigenvalue weighted by Gasteiger charge is -2.15. The molecule has 10 N–H and O–H groups in total.